The van der Waals surface area contributed by atoms with E-state index < -0.39 is 0 Å². The fourth-order valence-corrected chi connectivity index (χ4v) is 2.43. The highest BCUT2D eigenvalue weighted by Gasteiger charge is 2.04. The number of nitrogens with two attached hydrogens (primary N) is 1. The summed E-state index contributed by atoms with van der Waals surface area (Å²) < 4.78 is 6.92. The highest BCUT2D eigenvalue weighted by atomic mass is 127. The van der Waals surface area contributed by atoms with Crippen LogP contribution in [0.15, 0.2) is 42.5 Å². The predicted molar refractivity (Wildman–Crippen MR) is 93.7 cm³/mol. The van der Waals surface area contributed by atoms with Crippen LogP contribution >= 0.6 is 22.6 Å². The number of anilines is 3. The second-order valence-electron chi connectivity index (χ2n) is 4.73. The molecule has 0 fully saturated rings. The van der Waals surface area contributed by atoms with Crippen LogP contribution in [-0.2, 0) is 0 Å². The van der Waals surface area contributed by atoms with Gasteiger partial charge in [-0.15, -0.1) is 0 Å². The molecule has 0 saturated carbocycles. The maximum absolute atomic E-state index is 5.83. The van der Waals surface area contributed by atoms with Crippen LogP contribution in [0.4, 0.5) is 17.1 Å². The van der Waals surface area contributed by atoms with Crippen LogP contribution in [0.2, 0.25) is 0 Å². The Bertz CT molecular complexity index is 586. The first-order valence-corrected chi connectivity index (χ1v) is 7.75. The SMILES string of the molecule is CCC(C)Oc1cccc(Nc2ccc(N)cc2I)c1. The molecule has 0 saturated heterocycles. The summed E-state index contributed by atoms with van der Waals surface area (Å²) in [6.45, 7) is 4.19. The Hall–Kier alpha value is -1.43. The number of nitrogen functional groups attached to an aromatic ring is 1. The smallest absolute Gasteiger partial charge is 0.121 e. The summed E-state index contributed by atoms with van der Waals surface area (Å²) in [7, 11) is 0. The lowest BCUT2D eigenvalue weighted by molar-refractivity contribution is 0.217. The summed E-state index contributed by atoms with van der Waals surface area (Å²) in [5, 5.41) is 3.39. The molecule has 0 bridgehead atoms. The number of hydrogen-bond donors (Lipinski definition) is 2. The Morgan fingerprint density at radius 1 is 1.25 bits per heavy atom. The Kier molecular flexibility index (Phi) is 5.11. The second kappa shape index (κ2) is 6.83. The van der Waals surface area contributed by atoms with Crippen LogP contribution in [-0.4, -0.2) is 6.10 Å². The van der Waals surface area contributed by atoms with Gasteiger partial charge in [0, 0.05) is 21.0 Å². The van der Waals surface area contributed by atoms with Crippen LogP contribution in [0.1, 0.15) is 20.3 Å². The second-order valence-corrected chi connectivity index (χ2v) is 5.89. The molecule has 4 heteroatoms. The van der Waals surface area contributed by atoms with E-state index in [1.54, 1.807) is 0 Å². The van der Waals surface area contributed by atoms with Crippen LogP contribution < -0.4 is 15.8 Å². The minimum atomic E-state index is 0.224. The summed E-state index contributed by atoms with van der Waals surface area (Å²) in [5.74, 6) is 0.884. The third-order valence-electron chi connectivity index (χ3n) is 3.02. The van der Waals surface area contributed by atoms with Crippen molar-refractivity contribution >= 4 is 39.7 Å². The Morgan fingerprint density at radius 2 is 2.05 bits per heavy atom. The van der Waals surface area contributed by atoms with Gasteiger partial charge in [-0.05, 0) is 66.3 Å². The summed E-state index contributed by atoms with van der Waals surface area (Å²) in [6.07, 6.45) is 1.22. The molecule has 106 valence electrons. The van der Waals surface area contributed by atoms with E-state index in [1.165, 1.54) is 0 Å². The molecule has 3 nitrogen and oxygen atoms in total. The van der Waals surface area contributed by atoms with Crippen molar-refractivity contribution in [2.75, 3.05) is 11.1 Å². The molecule has 1 atom stereocenters. The van der Waals surface area contributed by atoms with Gasteiger partial charge in [-0.3, -0.25) is 0 Å². The van der Waals surface area contributed by atoms with Crippen molar-refractivity contribution in [1.82, 2.24) is 0 Å². The Labute approximate surface area is 133 Å². The first-order valence-electron chi connectivity index (χ1n) is 6.67. The summed E-state index contributed by atoms with van der Waals surface area (Å²) >= 11 is 2.27. The lowest BCUT2D eigenvalue weighted by Gasteiger charge is -2.14. The third-order valence-corrected chi connectivity index (χ3v) is 3.91. The van der Waals surface area contributed by atoms with Crippen LogP contribution in [0.3, 0.4) is 0 Å². The zero-order valence-electron chi connectivity index (χ0n) is 11.7. The zero-order chi connectivity index (χ0) is 14.5. The van der Waals surface area contributed by atoms with Crippen LogP contribution in [0.5, 0.6) is 5.75 Å². The standard InChI is InChI=1S/C16H19IN2O/c1-3-11(2)20-14-6-4-5-13(10-14)19-16-8-7-12(18)9-15(16)17/h4-11,19H,3,18H2,1-2H3. The Morgan fingerprint density at radius 3 is 2.75 bits per heavy atom. The normalized spacial score (nSPS) is 11.9. The number of hydrogen-bond acceptors (Lipinski definition) is 3. The van der Waals surface area contributed by atoms with Gasteiger partial charge in [0.1, 0.15) is 5.75 Å². The molecule has 20 heavy (non-hydrogen) atoms. The van der Waals surface area contributed by atoms with Crippen molar-refractivity contribution in [3.8, 4) is 5.75 Å². The van der Waals surface area contributed by atoms with Gasteiger partial charge in [0.25, 0.3) is 0 Å². The average Bonchev–Trinajstić information content (AvgIpc) is 2.42. The number of ether oxygens (including phenoxy) is 1. The molecule has 2 aromatic carbocycles. The quantitative estimate of drug-likeness (QED) is 0.577. The topological polar surface area (TPSA) is 47.3 Å². The fourth-order valence-electron chi connectivity index (χ4n) is 1.75. The van der Waals surface area contributed by atoms with E-state index in [-0.39, 0.29) is 6.10 Å². The van der Waals surface area contributed by atoms with E-state index in [0.29, 0.717) is 0 Å². The zero-order valence-corrected chi connectivity index (χ0v) is 13.8. The maximum Gasteiger partial charge on any atom is 0.121 e. The highest BCUT2D eigenvalue weighted by molar-refractivity contribution is 14.1. The fraction of sp³-hybridized carbons (Fsp3) is 0.250. The molecular formula is C16H19IN2O. The van der Waals surface area contributed by atoms with E-state index in [9.17, 15) is 0 Å². The largest absolute Gasteiger partial charge is 0.491 e. The molecule has 0 aliphatic rings. The van der Waals surface area contributed by atoms with Crippen molar-refractivity contribution in [2.45, 2.75) is 26.4 Å². The monoisotopic (exact) mass is 382 g/mol. The molecule has 0 radical (unpaired) electrons. The van der Waals surface area contributed by atoms with Crippen molar-refractivity contribution in [3.63, 3.8) is 0 Å². The van der Waals surface area contributed by atoms with Crippen molar-refractivity contribution in [1.29, 1.82) is 0 Å². The van der Waals surface area contributed by atoms with Gasteiger partial charge in [0.05, 0.1) is 11.8 Å². The van der Waals surface area contributed by atoms with Crippen molar-refractivity contribution in [3.05, 3.63) is 46.0 Å². The first kappa shape index (κ1) is 15.0. The average molecular weight is 382 g/mol. The van der Waals surface area contributed by atoms with Gasteiger partial charge >= 0.3 is 0 Å². The molecule has 0 amide bonds. The number of rotatable bonds is 5. The minimum Gasteiger partial charge on any atom is -0.491 e. The number of nitrogens with one attached hydrogen (secondary N) is 1. The number of benzene rings is 2. The molecule has 0 heterocycles. The van der Waals surface area contributed by atoms with Crippen LogP contribution in [0.25, 0.3) is 0 Å². The Balaban J connectivity index is 2.15. The van der Waals surface area contributed by atoms with E-state index in [0.717, 1.165) is 32.8 Å². The molecule has 0 aromatic heterocycles. The van der Waals surface area contributed by atoms with E-state index in [2.05, 4.69) is 41.8 Å². The van der Waals surface area contributed by atoms with Crippen molar-refractivity contribution < 1.29 is 4.74 Å². The first-order chi connectivity index (χ1) is 9.58. The van der Waals surface area contributed by atoms with Gasteiger partial charge < -0.3 is 15.8 Å². The molecule has 0 spiro atoms. The van der Waals surface area contributed by atoms with Gasteiger partial charge in [-0.2, -0.15) is 0 Å². The summed E-state index contributed by atoms with van der Waals surface area (Å²) in [6, 6.07) is 13.8. The third kappa shape index (κ3) is 4.03. The molecular weight excluding hydrogens is 363 g/mol. The van der Waals surface area contributed by atoms with Gasteiger partial charge in [-0.1, -0.05) is 13.0 Å². The molecule has 1 unspecified atom stereocenters. The summed E-state index contributed by atoms with van der Waals surface area (Å²) in [5.41, 5.74) is 8.58. The minimum absolute atomic E-state index is 0.224. The molecule has 0 aliphatic heterocycles. The van der Waals surface area contributed by atoms with E-state index in [1.807, 2.05) is 42.5 Å². The lowest BCUT2D eigenvalue weighted by Crippen LogP contribution is -2.09. The van der Waals surface area contributed by atoms with E-state index >= 15 is 0 Å². The van der Waals surface area contributed by atoms with Crippen molar-refractivity contribution in [2.24, 2.45) is 0 Å². The lowest BCUT2D eigenvalue weighted by atomic mass is 10.2. The maximum atomic E-state index is 5.83. The van der Waals surface area contributed by atoms with Gasteiger partial charge in [0.2, 0.25) is 0 Å². The van der Waals surface area contributed by atoms with Crippen LogP contribution in [0, 0.1) is 3.57 Å². The highest BCUT2D eigenvalue weighted by Crippen LogP contribution is 2.26. The predicted octanol–water partition coefficient (Wildman–Crippen LogP) is 4.79. The molecule has 0 aliphatic carbocycles. The molecule has 2 rings (SSSR count). The molecule has 2 aromatic rings. The summed E-state index contributed by atoms with van der Waals surface area (Å²) in [4.78, 5) is 0. The molecule has 3 N–H and O–H groups in total. The van der Waals surface area contributed by atoms with E-state index in [4.69, 9.17) is 10.5 Å². The van der Waals surface area contributed by atoms with Gasteiger partial charge in [0.15, 0.2) is 0 Å². The number of halogens is 1. The van der Waals surface area contributed by atoms with Gasteiger partial charge in [-0.25, -0.2) is 0 Å².